The molecule has 0 aromatic carbocycles. The SMILES string of the molecule is C=C/C(C)=C(\C=C(\C)CF)C(=N)C1CCCC1(C)CCC. The molecule has 0 aromatic heterocycles. The maximum absolute atomic E-state index is 12.8. The van der Waals surface area contributed by atoms with Gasteiger partial charge in [-0.25, -0.2) is 4.39 Å². The van der Waals surface area contributed by atoms with Crippen LogP contribution in [0.2, 0.25) is 0 Å². The van der Waals surface area contributed by atoms with Crippen LogP contribution in [0, 0.1) is 16.7 Å². The van der Waals surface area contributed by atoms with E-state index in [0.29, 0.717) is 11.3 Å². The standard InChI is InChI=1S/C19H30FN/c1-6-10-19(5)11-8-9-17(19)18(21)16(15(4)7-2)12-14(3)13-20/h7,12,17,21H,2,6,8-11,13H2,1,3-5H3/b14-12-,16-15+,21-18?. The zero-order valence-corrected chi connectivity index (χ0v) is 14.1. The summed E-state index contributed by atoms with van der Waals surface area (Å²) in [6, 6.07) is 0. The van der Waals surface area contributed by atoms with Gasteiger partial charge in [-0.2, -0.15) is 0 Å². The van der Waals surface area contributed by atoms with Crippen molar-refractivity contribution in [3.8, 4) is 0 Å². The molecule has 0 heterocycles. The fraction of sp³-hybridized carbons (Fsp3) is 0.632. The number of hydrogen-bond acceptors (Lipinski definition) is 1. The van der Waals surface area contributed by atoms with Gasteiger partial charge in [0.05, 0.1) is 0 Å². The van der Waals surface area contributed by atoms with E-state index in [0.717, 1.165) is 30.4 Å². The van der Waals surface area contributed by atoms with Crippen molar-refractivity contribution in [3.05, 3.63) is 35.5 Å². The highest BCUT2D eigenvalue weighted by Crippen LogP contribution is 2.48. The van der Waals surface area contributed by atoms with Crippen molar-refractivity contribution in [2.24, 2.45) is 11.3 Å². The molecule has 1 fully saturated rings. The van der Waals surface area contributed by atoms with Gasteiger partial charge in [0.1, 0.15) is 6.67 Å². The average Bonchev–Trinajstić information content (AvgIpc) is 2.84. The van der Waals surface area contributed by atoms with Crippen molar-refractivity contribution in [2.75, 3.05) is 6.67 Å². The first kappa shape index (κ1) is 17.9. The van der Waals surface area contributed by atoms with Crippen LogP contribution in [0.1, 0.15) is 59.8 Å². The highest BCUT2D eigenvalue weighted by Gasteiger charge is 2.40. The van der Waals surface area contributed by atoms with Crippen molar-refractivity contribution in [2.45, 2.75) is 59.8 Å². The maximum atomic E-state index is 12.8. The van der Waals surface area contributed by atoms with Gasteiger partial charge in [-0.05, 0) is 55.2 Å². The summed E-state index contributed by atoms with van der Waals surface area (Å²) in [5.41, 5.74) is 3.41. The van der Waals surface area contributed by atoms with Gasteiger partial charge in [-0.15, -0.1) is 0 Å². The van der Waals surface area contributed by atoms with E-state index in [2.05, 4.69) is 20.4 Å². The maximum Gasteiger partial charge on any atom is 0.111 e. The third kappa shape index (κ3) is 4.15. The fourth-order valence-electron chi connectivity index (χ4n) is 3.58. The summed E-state index contributed by atoms with van der Waals surface area (Å²) in [4.78, 5) is 0. The van der Waals surface area contributed by atoms with Crippen LogP contribution in [-0.2, 0) is 0 Å². The van der Waals surface area contributed by atoms with Crippen LogP contribution in [0.5, 0.6) is 0 Å². The Morgan fingerprint density at radius 3 is 2.62 bits per heavy atom. The minimum absolute atomic E-state index is 0.218. The molecular formula is C19H30FN. The molecule has 1 aliphatic rings. The van der Waals surface area contributed by atoms with Crippen molar-refractivity contribution >= 4 is 5.71 Å². The Balaban J connectivity index is 3.15. The molecule has 21 heavy (non-hydrogen) atoms. The Hall–Kier alpha value is -1.18. The molecular weight excluding hydrogens is 261 g/mol. The molecule has 0 aromatic rings. The normalized spacial score (nSPS) is 27.5. The van der Waals surface area contributed by atoms with Crippen LogP contribution < -0.4 is 0 Å². The lowest BCUT2D eigenvalue weighted by Gasteiger charge is -2.32. The quantitative estimate of drug-likeness (QED) is 0.437. The number of alkyl halides is 1. The first-order valence-electron chi connectivity index (χ1n) is 8.04. The molecule has 2 heteroatoms. The average molecular weight is 291 g/mol. The third-order valence-corrected chi connectivity index (χ3v) is 4.87. The summed E-state index contributed by atoms with van der Waals surface area (Å²) in [7, 11) is 0. The third-order valence-electron chi connectivity index (χ3n) is 4.87. The van der Waals surface area contributed by atoms with E-state index < -0.39 is 6.67 Å². The van der Waals surface area contributed by atoms with Crippen LogP contribution in [0.15, 0.2) is 35.5 Å². The molecule has 1 nitrogen and oxygen atoms in total. The number of hydrogen-bond donors (Lipinski definition) is 1. The minimum atomic E-state index is -0.460. The Kier molecular flexibility index (Phi) is 6.57. The van der Waals surface area contributed by atoms with E-state index >= 15 is 0 Å². The van der Waals surface area contributed by atoms with Crippen LogP contribution >= 0.6 is 0 Å². The second kappa shape index (κ2) is 7.72. The zero-order valence-electron chi connectivity index (χ0n) is 14.1. The summed E-state index contributed by atoms with van der Waals surface area (Å²) in [5.74, 6) is 0.283. The molecule has 1 rings (SSSR count). The lowest BCUT2D eigenvalue weighted by molar-refractivity contribution is 0.260. The van der Waals surface area contributed by atoms with Gasteiger partial charge in [0.25, 0.3) is 0 Å². The minimum Gasteiger partial charge on any atom is -0.304 e. The highest BCUT2D eigenvalue weighted by molar-refractivity contribution is 6.03. The lowest BCUT2D eigenvalue weighted by Crippen LogP contribution is -2.29. The Bertz CT molecular complexity index is 458. The van der Waals surface area contributed by atoms with Crippen LogP contribution in [0.4, 0.5) is 4.39 Å². The number of nitrogens with one attached hydrogen (secondary N) is 1. The molecule has 0 saturated heterocycles. The van der Waals surface area contributed by atoms with Crippen LogP contribution in [0.25, 0.3) is 0 Å². The Labute approximate surface area is 129 Å². The molecule has 118 valence electrons. The molecule has 0 amide bonds. The van der Waals surface area contributed by atoms with Crippen molar-refractivity contribution in [3.63, 3.8) is 0 Å². The van der Waals surface area contributed by atoms with Crippen molar-refractivity contribution < 1.29 is 4.39 Å². The van der Waals surface area contributed by atoms with Gasteiger partial charge in [0, 0.05) is 11.6 Å². The first-order chi connectivity index (χ1) is 9.89. The molecule has 0 spiro atoms. The first-order valence-corrected chi connectivity index (χ1v) is 8.04. The predicted octanol–water partition coefficient (Wildman–Crippen LogP) is 6.03. The highest BCUT2D eigenvalue weighted by atomic mass is 19.1. The van der Waals surface area contributed by atoms with Crippen molar-refractivity contribution in [1.82, 2.24) is 0 Å². The second-order valence-corrected chi connectivity index (χ2v) is 6.69. The summed E-state index contributed by atoms with van der Waals surface area (Å²) < 4.78 is 12.8. The largest absolute Gasteiger partial charge is 0.304 e. The van der Waals surface area contributed by atoms with E-state index in [1.165, 1.54) is 12.8 Å². The molecule has 0 aliphatic heterocycles. The summed E-state index contributed by atoms with van der Waals surface area (Å²) in [5, 5.41) is 8.71. The lowest BCUT2D eigenvalue weighted by atomic mass is 9.72. The van der Waals surface area contributed by atoms with Gasteiger partial charge in [-0.1, -0.05) is 45.4 Å². The van der Waals surface area contributed by atoms with E-state index in [9.17, 15) is 4.39 Å². The second-order valence-electron chi connectivity index (χ2n) is 6.69. The molecule has 1 aliphatic carbocycles. The van der Waals surface area contributed by atoms with Crippen LogP contribution in [0.3, 0.4) is 0 Å². The predicted molar refractivity (Wildman–Crippen MR) is 90.7 cm³/mol. The van der Waals surface area contributed by atoms with Gasteiger partial charge < -0.3 is 5.41 Å². The van der Waals surface area contributed by atoms with E-state index in [-0.39, 0.29) is 11.3 Å². The smallest absolute Gasteiger partial charge is 0.111 e. The van der Waals surface area contributed by atoms with Gasteiger partial charge in [0.2, 0.25) is 0 Å². The monoisotopic (exact) mass is 291 g/mol. The zero-order chi connectivity index (χ0) is 16.0. The molecule has 2 atom stereocenters. The van der Waals surface area contributed by atoms with Gasteiger partial charge in [0.15, 0.2) is 0 Å². The van der Waals surface area contributed by atoms with E-state index in [4.69, 9.17) is 5.41 Å². The summed E-state index contributed by atoms with van der Waals surface area (Å²) in [6.07, 6.45) is 9.38. The summed E-state index contributed by atoms with van der Waals surface area (Å²) in [6.45, 7) is 11.6. The molecule has 0 radical (unpaired) electrons. The van der Waals surface area contributed by atoms with E-state index in [1.807, 2.05) is 13.0 Å². The topological polar surface area (TPSA) is 23.9 Å². The molecule has 1 saturated carbocycles. The number of halogens is 1. The fourth-order valence-corrected chi connectivity index (χ4v) is 3.58. The summed E-state index contributed by atoms with van der Waals surface area (Å²) >= 11 is 0. The number of rotatable bonds is 7. The van der Waals surface area contributed by atoms with E-state index in [1.54, 1.807) is 13.0 Å². The van der Waals surface area contributed by atoms with Crippen LogP contribution in [-0.4, -0.2) is 12.4 Å². The van der Waals surface area contributed by atoms with Gasteiger partial charge >= 0.3 is 0 Å². The number of allylic oxidation sites excluding steroid dienone is 5. The Morgan fingerprint density at radius 1 is 1.43 bits per heavy atom. The molecule has 0 bridgehead atoms. The molecule has 2 unspecified atom stereocenters. The molecule has 1 N–H and O–H groups in total. The van der Waals surface area contributed by atoms with Crippen molar-refractivity contribution in [1.29, 1.82) is 5.41 Å². The Morgan fingerprint density at radius 2 is 2.10 bits per heavy atom. The van der Waals surface area contributed by atoms with Gasteiger partial charge in [-0.3, -0.25) is 0 Å².